The first-order chi connectivity index (χ1) is 5.19. The zero-order valence-electron chi connectivity index (χ0n) is 7.01. The van der Waals surface area contributed by atoms with Gasteiger partial charge in [0, 0.05) is 13.3 Å². The first-order valence-electron chi connectivity index (χ1n) is 2.87. The van der Waals surface area contributed by atoms with Crippen molar-refractivity contribution < 1.29 is 21.7 Å². The molecule has 0 atom stereocenters. The summed E-state index contributed by atoms with van der Waals surface area (Å²) in [6, 6.07) is 0. The summed E-state index contributed by atoms with van der Waals surface area (Å²) >= 11 is 0. The van der Waals surface area contributed by atoms with Crippen LogP contribution in [0.4, 0.5) is 0 Å². The van der Waals surface area contributed by atoms with Crippen molar-refractivity contribution in [1.82, 2.24) is 4.47 Å². The van der Waals surface area contributed by atoms with Crippen LogP contribution in [0.2, 0.25) is 0 Å². The van der Waals surface area contributed by atoms with Gasteiger partial charge in [-0.15, -0.1) is 0 Å². The predicted octanol–water partition coefficient (Wildman–Crippen LogP) is -1.19. The molecule has 0 spiro atoms. The maximum Gasteiger partial charge on any atom is 0.250 e. The number of hydroxylamine groups is 1. The van der Waals surface area contributed by atoms with Crippen LogP contribution in [0.3, 0.4) is 0 Å². The highest BCUT2D eigenvalue weighted by Gasteiger charge is 2.23. The minimum Gasteiger partial charge on any atom is -0.288 e. The van der Waals surface area contributed by atoms with E-state index < -0.39 is 24.9 Å². The molecule has 6 nitrogen and oxygen atoms in total. The monoisotopic (exact) mass is 217 g/mol. The molecular weight excluding hydrogens is 206 g/mol. The largest absolute Gasteiger partial charge is 0.288 e. The zero-order valence-corrected chi connectivity index (χ0v) is 8.65. The number of rotatable bonds is 4. The molecule has 0 aliphatic carbocycles. The van der Waals surface area contributed by atoms with Gasteiger partial charge in [0.15, 0.2) is 14.9 Å². The fraction of sp³-hybridized carbons (Fsp3) is 1.00. The molecule has 0 aromatic rings. The van der Waals surface area contributed by atoms with E-state index >= 15 is 0 Å². The van der Waals surface area contributed by atoms with Gasteiger partial charge in [0.25, 0.3) is 0 Å². The predicted molar refractivity (Wildman–Crippen MR) is 43.4 cm³/mol. The van der Waals surface area contributed by atoms with Crippen molar-refractivity contribution in [3.63, 3.8) is 0 Å². The lowest BCUT2D eigenvalue weighted by atomic mass is 11.5. The molecule has 0 fully saturated rings. The summed E-state index contributed by atoms with van der Waals surface area (Å²) in [5.74, 6) is 0. The fourth-order valence-electron chi connectivity index (χ4n) is 0.458. The number of hydrogen-bond donors (Lipinski definition) is 0. The summed E-state index contributed by atoms with van der Waals surface area (Å²) in [5, 5.41) is -0.940. The lowest BCUT2D eigenvalue weighted by Crippen LogP contribution is -2.31. The standard InChI is InChI=1S/C4H11NO5S2/c1-5(10-2)12(8,9)4-11(3,6)7/h4H2,1-3H3. The summed E-state index contributed by atoms with van der Waals surface area (Å²) in [6.45, 7) is 0. The molecule has 0 aliphatic heterocycles. The highest BCUT2D eigenvalue weighted by atomic mass is 32.3. The fourth-order valence-corrected chi connectivity index (χ4v) is 3.44. The van der Waals surface area contributed by atoms with E-state index in [1.807, 2.05) is 0 Å². The molecule has 0 unspecified atom stereocenters. The Balaban J connectivity index is 4.69. The van der Waals surface area contributed by atoms with Gasteiger partial charge in [-0.1, -0.05) is 4.47 Å². The van der Waals surface area contributed by atoms with Crippen molar-refractivity contribution in [3.05, 3.63) is 0 Å². The van der Waals surface area contributed by atoms with Crippen LogP contribution < -0.4 is 0 Å². The normalized spacial score (nSPS) is 13.7. The minimum atomic E-state index is -3.84. The number of sulfone groups is 1. The lowest BCUT2D eigenvalue weighted by Gasteiger charge is -2.12. The van der Waals surface area contributed by atoms with E-state index in [2.05, 4.69) is 4.84 Å². The zero-order chi connectivity index (χ0) is 9.99. The van der Waals surface area contributed by atoms with E-state index in [9.17, 15) is 16.8 Å². The average Bonchev–Trinajstić information content (AvgIpc) is 1.80. The van der Waals surface area contributed by atoms with Crippen LogP contribution >= 0.6 is 0 Å². The van der Waals surface area contributed by atoms with Crippen LogP contribution in [0, 0.1) is 0 Å². The van der Waals surface area contributed by atoms with Gasteiger partial charge in [-0.05, 0) is 0 Å². The molecule has 12 heavy (non-hydrogen) atoms. The van der Waals surface area contributed by atoms with E-state index in [-0.39, 0.29) is 0 Å². The second-order valence-corrected chi connectivity index (χ2v) is 6.72. The topological polar surface area (TPSA) is 80.8 Å². The van der Waals surface area contributed by atoms with Crippen LogP contribution in [0.15, 0.2) is 0 Å². The second kappa shape index (κ2) is 3.69. The maximum atomic E-state index is 11.0. The summed E-state index contributed by atoms with van der Waals surface area (Å²) in [4.78, 5) is 4.34. The Morgan fingerprint density at radius 3 is 1.92 bits per heavy atom. The summed E-state index contributed by atoms with van der Waals surface area (Å²) < 4.78 is 43.7. The van der Waals surface area contributed by atoms with E-state index in [0.717, 1.165) is 20.4 Å². The third-order valence-electron chi connectivity index (χ3n) is 1.01. The smallest absolute Gasteiger partial charge is 0.250 e. The van der Waals surface area contributed by atoms with Crippen LogP contribution in [0.1, 0.15) is 0 Å². The van der Waals surface area contributed by atoms with Crippen molar-refractivity contribution in [2.75, 3.05) is 25.5 Å². The summed E-state index contributed by atoms with van der Waals surface area (Å²) in [7, 11) is -5.13. The molecule has 8 heteroatoms. The highest BCUT2D eigenvalue weighted by Crippen LogP contribution is 2.00. The number of hydrogen-bond acceptors (Lipinski definition) is 5. The Morgan fingerprint density at radius 1 is 1.25 bits per heavy atom. The Morgan fingerprint density at radius 2 is 1.67 bits per heavy atom. The van der Waals surface area contributed by atoms with Gasteiger partial charge >= 0.3 is 0 Å². The minimum absolute atomic E-state index is 0.508. The van der Waals surface area contributed by atoms with Gasteiger partial charge < -0.3 is 0 Å². The molecule has 0 aromatic heterocycles. The first-order valence-corrected chi connectivity index (χ1v) is 6.54. The maximum absolute atomic E-state index is 11.0. The third kappa shape index (κ3) is 4.00. The number of nitrogens with zero attached hydrogens (tertiary/aromatic N) is 1. The molecule has 0 aromatic carbocycles. The van der Waals surface area contributed by atoms with Gasteiger partial charge in [-0.25, -0.2) is 16.8 Å². The van der Waals surface area contributed by atoms with E-state index in [0.29, 0.717) is 4.47 Å². The molecule has 74 valence electrons. The van der Waals surface area contributed by atoms with Crippen molar-refractivity contribution in [1.29, 1.82) is 0 Å². The van der Waals surface area contributed by atoms with Gasteiger partial charge in [0.2, 0.25) is 10.0 Å². The van der Waals surface area contributed by atoms with Crippen LogP contribution in [-0.4, -0.2) is 46.8 Å². The molecule has 0 bridgehead atoms. The molecule has 0 rings (SSSR count). The van der Waals surface area contributed by atoms with E-state index in [4.69, 9.17) is 0 Å². The molecule has 0 N–H and O–H groups in total. The summed E-state index contributed by atoms with van der Waals surface area (Å²) in [5.41, 5.74) is 0. The van der Waals surface area contributed by atoms with Gasteiger partial charge in [-0.3, -0.25) is 4.84 Å². The molecule has 0 saturated carbocycles. The quantitative estimate of drug-likeness (QED) is 0.553. The van der Waals surface area contributed by atoms with Crippen molar-refractivity contribution in [2.45, 2.75) is 0 Å². The molecule has 0 aliphatic rings. The molecule has 0 saturated heterocycles. The van der Waals surface area contributed by atoms with Gasteiger partial charge in [-0.2, -0.15) is 0 Å². The first kappa shape index (κ1) is 11.8. The molecule has 0 amide bonds. The summed E-state index contributed by atoms with van der Waals surface area (Å²) in [6.07, 6.45) is 0.841. The molecule has 0 radical (unpaired) electrons. The third-order valence-corrected chi connectivity index (χ3v) is 4.85. The Hall–Kier alpha value is -0.180. The van der Waals surface area contributed by atoms with Crippen LogP contribution in [0.25, 0.3) is 0 Å². The lowest BCUT2D eigenvalue weighted by molar-refractivity contribution is -0.0253. The Bertz CT molecular complexity index is 328. The van der Waals surface area contributed by atoms with Crippen molar-refractivity contribution in [2.24, 2.45) is 0 Å². The average molecular weight is 217 g/mol. The van der Waals surface area contributed by atoms with Crippen LogP contribution in [0.5, 0.6) is 0 Å². The highest BCUT2D eigenvalue weighted by molar-refractivity contribution is 8.06. The van der Waals surface area contributed by atoms with Crippen molar-refractivity contribution >= 4 is 19.9 Å². The second-order valence-electron chi connectivity index (χ2n) is 2.25. The molecule has 0 heterocycles. The molecular formula is C4H11NO5S2. The SMILES string of the molecule is CON(C)S(=O)(=O)CS(C)(=O)=O. The van der Waals surface area contributed by atoms with E-state index in [1.165, 1.54) is 0 Å². The van der Waals surface area contributed by atoms with Crippen molar-refractivity contribution in [3.8, 4) is 0 Å². The van der Waals surface area contributed by atoms with E-state index in [1.54, 1.807) is 0 Å². The van der Waals surface area contributed by atoms with Gasteiger partial charge in [0.1, 0.15) is 0 Å². The Kier molecular flexibility index (Phi) is 3.63. The number of sulfonamides is 1. The Labute approximate surface area is 72.0 Å². The van der Waals surface area contributed by atoms with Gasteiger partial charge in [0.05, 0.1) is 7.11 Å². The van der Waals surface area contributed by atoms with Crippen LogP contribution in [-0.2, 0) is 24.7 Å².